The van der Waals surface area contributed by atoms with Crippen LogP contribution in [0.15, 0.2) is 59.4 Å². The van der Waals surface area contributed by atoms with E-state index in [0.29, 0.717) is 24.6 Å². The molecule has 0 spiro atoms. The lowest BCUT2D eigenvalue weighted by Gasteiger charge is -2.29. The highest BCUT2D eigenvalue weighted by Gasteiger charge is 2.26. The molecular weight excluding hydrogens is 388 g/mol. The summed E-state index contributed by atoms with van der Waals surface area (Å²) in [4.78, 5) is 18.0. The molecule has 2 aliphatic rings. The molecule has 1 aliphatic carbocycles. The predicted molar refractivity (Wildman–Crippen MR) is 126 cm³/mol. The van der Waals surface area contributed by atoms with Gasteiger partial charge in [0.05, 0.1) is 19.0 Å². The zero-order valence-corrected chi connectivity index (χ0v) is 19.3. The van der Waals surface area contributed by atoms with Gasteiger partial charge < -0.3 is 19.3 Å². The minimum absolute atomic E-state index is 0.0396. The van der Waals surface area contributed by atoms with Gasteiger partial charge >= 0.3 is 0 Å². The van der Waals surface area contributed by atoms with Crippen molar-refractivity contribution in [3.8, 4) is 0 Å². The number of rotatable bonds is 9. The third kappa shape index (κ3) is 6.55. The largest absolute Gasteiger partial charge is 0.501 e. The number of hydrogen-bond acceptors (Lipinski definition) is 4. The average molecular weight is 425 g/mol. The first-order valence-electron chi connectivity index (χ1n) is 11.2. The molecule has 1 fully saturated rings. The number of ether oxygens (including phenoxy) is 2. The SMILES string of the molecule is COC1=CC(C(=O)N(CCC2CCCN2C)C/C(C)=C/c2ccccc2)=CC(OC)C1. The number of benzene rings is 1. The van der Waals surface area contributed by atoms with Gasteiger partial charge in [-0.15, -0.1) is 0 Å². The standard InChI is InChI=1S/C26H36N2O3/c1-20(15-21-9-6-5-7-10-21)19-28(14-12-23-11-8-13-27(23)2)26(29)22-16-24(30-3)18-25(17-22)31-4/h5-7,9-10,15-17,23-24H,8,11-14,18-19H2,1-4H3/b20-15+. The van der Waals surface area contributed by atoms with Crippen molar-refractivity contribution >= 4 is 12.0 Å². The Bertz CT molecular complexity index is 828. The average Bonchev–Trinajstić information content (AvgIpc) is 3.20. The highest BCUT2D eigenvalue weighted by molar-refractivity contribution is 5.96. The Morgan fingerprint density at radius 3 is 2.68 bits per heavy atom. The molecule has 0 N–H and O–H groups in total. The third-order valence-electron chi connectivity index (χ3n) is 6.24. The maximum atomic E-state index is 13.6. The number of carbonyl (C=O) groups excluding carboxylic acids is 1. The Hall–Kier alpha value is -2.37. The summed E-state index contributed by atoms with van der Waals surface area (Å²) in [5, 5.41) is 0. The summed E-state index contributed by atoms with van der Waals surface area (Å²) in [6.45, 7) is 4.58. The summed E-state index contributed by atoms with van der Waals surface area (Å²) in [7, 11) is 5.50. The van der Waals surface area contributed by atoms with Crippen LogP contribution in [0.1, 0.15) is 38.2 Å². The normalized spacial score (nSPS) is 22.1. The summed E-state index contributed by atoms with van der Waals surface area (Å²) in [5.74, 6) is 0.822. The zero-order valence-electron chi connectivity index (χ0n) is 19.3. The topological polar surface area (TPSA) is 42.0 Å². The van der Waals surface area contributed by atoms with Crippen molar-refractivity contribution in [2.24, 2.45) is 0 Å². The number of likely N-dealkylation sites (tertiary alicyclic amines) is 1. The third-order valence-corrected chi connectivity index (χ3v) is 6.24. The van der Waals surface area contributed by atoms with Gasteiger partial charge in [-0.2, -0.15) is 0 Å². The molecule has 1 aliphatic heterocycles. The van der Waals surface area contributed by atoms with E-state index in [0.717, 1.165) is 36.4 Å². The molecule has 1 aromatic rings. The van der Waals surface area contributed by atoms with Crippen LogP contribution in [0.2, 0.25) is 0 Å². The van der Waals surface area contributed by atoms with E-state index in [1.165, 1.54) is 12.8 Å². The molecule has 3 rings (SSSR count). The molecule has 2 atom stereocenters. The van der Waals surface area contributed by atoms with Crippen molar-refractivity contribution in [2.45, 2.75) is 44.8 Å². The molecule has 168 valence electrons. The fraction of sp³-hybridized carbons (Fsp3) is 0.500. The Morgan fingerprint density at radius 1 is 1.26 bits per heavy atom. The van der Waals surface area contributed by atoms with E-state index in [9.17, 15) is 4.79 Å². The van der Waals surface area contributed by atoms with E-state index in [2.05, 4.69) is 37.1 Å². The lowest BCUT2D eigenvalue weighted by Crippen LogP contribution is -2.38. The van der Waals surface area contributed by atoms with Crippen LogP contribution in [0.25, 0.3) is 6.08 Å². The fourth-order valence-electron chi connectivity index (χ4n) is 4.43. The van der Waals surface area contributed by atoms with E-state index in [-0.39, 0.29) is 12.0 Å². The van der Waals surface area contributed by atoms with Gasteiger partial charge in [-0.05, 0) is 57.5 Å². The summed E-state index contributed by atoms with van der Waals surface area (Å²) in [5.41, 5.74) is 2.97. The van der Waals surface area contributed by atoms with Crippen LogP contribution in [-0.4, -0.2) is 68.8 Å². The summed E-state index contributed by atoms with van der Waals surface area (Å²) in [6, 6.07) is 10.8. The second kappa shape index (κ2) is 11.3. The minimum Gasteiger partial charge on any atom is -0.501 e. The molecule has 2 unspecified atom stereocenters. The Labute approximate surface area is 187 Å². The zero-order chi connectivity index (χ0) is 22.2. The number of methoxy groups -OCH3 is 2. The highest BCUT2D eigenvalue weighted by Crippen LogP contribution is 2.24. The van der Waals surface area contributed by atoms with Gasteiger partial charge in [-0.25, -0.2) is 0 Å². The molecule has 0 saturated carbocycles. The van der Waals surface area contributed by atoms with Gasteiger partial charge in [0.25, 0.3) is 5.91 Å². The number of carbonyl (C=O) groups is 1. The van der Waals surface area contributed by atoms with Gasteiger partial charge in [0, 0.05) is 38.2 Å². The lowest BCUT2D eigenvalue weighted by molar-refractivity contribution is -0.126. The van der Waals surface area contributed by atoms with Crippen molar-refractivity contribution in [1.29, 1.82) is 0 Å². The minimum atomic E-state index is -0.136. The maximum absolute atomic E-state index is 13.6. The quantitative estimate of drug-likeness (QED) is 0.593. The van der Waals surface area contributed by atoms with Crippen LogP contribution >= 0.6 is 0 Å². The van der Waals surface area contributed by atoms with E-state index in [1.807, 2.05) is 35.3 Å². The summed E-state index contributed by atoms with van der Waals surface area (Å²) < 4.78 is 11.0. The molecular formula is C26H36N2O3. The van der Waals surface area contributed by atoms with Crippen LogP contribution in [0.4, 0.5) is 0 Å². The van der Waals surface area contributed by atoms with Crippen LogP contribution in [0.5, 0.6) is 0 Å². The van der Waals surface area contributed by atoms with E-state index in [4.69, 9.17) is 9.47 Å². The van der Waals surface area contributed by atoms with Crippen molar-refractivity contribution in [3.05, 3.63) is 65.0 Å². The van der Waals surface area contributed by atoms with Crippen molar-refractivity contribution in [2.75, 3.05) is 40.9 Å². The van der Waals surface area contributed by atoms with Gasteiger partial charge in [-0.1, -0.05) is 42.0 Å². The van der Waals surface area contributed by atoms with Gasteiger partial charge in [0.2, 0.25) is 0 Å². The number of nitrogens with zero attached hydrogens (tertiary/aromatic N) is 2. The van der Waals surface area contributed by atoms with Crippen LogP contribution in [0, 0.1) is 0 Å². The van der Waals surface area contributed by atoms with Gasteiger partial charge in [0.15, 0.2) is 0 Å². The molecule has 5 heteroatoms. The molecule has 0 aromatic heterocycles. The fourth-order valence-corrected chi connectivity index (χ4v) is 4.43. The van der Waals surface area contributed by atoms with Crippen LogP contribution in [0.3, 0.4) is 0 Å². The molecule has 0 radical (unpaired) electrons. The summed E-state index contributed by atoms with van der Waals surface area (Å²) >= 11 is 0. The molecule has 1 heterocycles. The van der Waals surface area contributed by atoms with Crippen molar-refractivity contribution in [1.82, 2.24) is 9.80 Å². The van der Waals surface area contributed by atoms with E-state index < -0.39 is 0 Å². The monoisotopic (exact) mass is 424 g/mol. The number of amides is 1. The van der Waals surface area contributed by atoms with Gasteiger partial charge in [-0.3, -0.25) is 4.79 Å². The summed E-state index contributed by atoms with van der Waals surface area (Å²) in [6.07, 6.45) is 9.90. The first-order valence-corrected chi connectivity index (χ1v) is 11.2. The van der Waals surface area contributed by atoms with Crippen molar-refractivity contribution in [3.63, 3.8) is 0 Å². The van der Waals surface area contributed by atoms with E-state index in [1.54, 1.807) is 14.2 Å². The van der Waals surface area contributed by atoms with Crippen LogP contribution < -0.4 is 0 Å². The van der Waals surface area contributed by atoms with Gasteiger partial charge in [0.1, 0.15) is 0 Å². The maximum Gasteiger partial charge on any atom is 0.254 e. The Morgan fingerprint density at radius 2 is 2.03 bits per heavy atom. The van der Waals surface area contributed by atoms with Crippen molar-refractivity contribution < 1.29 is 14.3 Å². The Kier molecular flexibility index (Phi) is 8.50. The molecule has 0 bridgehead atoms. The first-order chi connectivity index (χ1) is 15.0. The van der Waals surface area contributed by atoms with Crippen LogP contribution in [-0.2, 0) is 14.3 Å². The molecule has 1 saturated heterocycles. The molecule has 31 heavy (non-hydrogen) atoms. The smallest absolute Gasteiger partial charge is 0.254 e. The number of hydrogen-bond donors (Lipinski definition) is 0. The first kappa shape index (κ1) is 23.3. The molecule has 1 amide bonds. The van der Waals surface area contributed by atoms with E-state index >= 15 is 0 Å². The second-order valence-corrected chi connectivity index (χ2v) is 8.61. The Balaban J connectivity index is 1.78. The second-order valence-electron chi connectivity index (χ2n) is 8.61. The molecule has 1 aromatic carbocycles. The lowest BCUT2D eigenvalue weighted by atomic mass is 10.0. The highest BCUT2D eigenvalue weighted by atomic mass is 16.5. The predicted octanol–water partition coefficient (Wildman–Crippen LogP) is 4.28. The molecule has 5 nitrogen and oxygen atoms in total.